The molecule has 20 heavy (non-hydrogen) atoms. The molecular formula is C15H30N2O3. The fourth-order valence-corrected chi connectivity index (χ4v) is 2.64. The van der Waals surface area contributed by atoms with Gasteiger partial charge in [0.2, 0.25) is 0 Å². The van der Waals surface area contributed by atoms with Crippen molar-refractivity contribution < 1.29 is 14.3 Å². The Hall–Kier alpha value is -0.650. The van der Waals surface area contributed by atoms with E-state index in [9.17, 15) is 4.79 Å². The number of carbonyl (C=O) groups excluding carboxylic acids is 1. The van der Waals surface area contributed by atoms with E-state index >= 15 is 0 Å². The van der Waals surface area contributed by atoms with Crippen LogP contribution in [0.5, 0.6) is 0 Å². The average molecular weight is 286 g/mol. The van der Waals surface area contributed by atoms with Gasteiger partial charge in [0.15, 0.2) is 0 Å². The van der Waals surface area contributed by atoms with Crippen molar-refractivity contribution in [2.75, 3.05) is 40.0 Å². The van der Waals surface area contributed by atoms with Gasteiger partial charge in [0, 0.05) is 25.8 Å². The lowest BCUT2D eigenvalue weighted by molar-refractivity contribution is -0.151. The van der Waals surface area contributed by atoms with Crippen LogP contribution in [-0.2, 0) is 14.3 Å². The fraction of sp³-hybridized carbons (Fsp3) is 0.933. The first-order chi connectivity index (χ1) is 9.53. The Morgan fingerprint density at radius 2 is 2.05 bits per heavy atom. The molecule has 1 atom stereocenters. The largest absolute Gasteiger partial charge is 0.465 e. The van der Waals surface area contributed by atoms with E-state index in [2.05, 4.69) is 24.2 Å². The Bertz CT molecular complexity index is 293. The molecule has 118 valence electrons. The SMILES string of the molecule is CCCNC(C)(CN(C)C1CCOCC1)C(=O)OCC. The van der Waals surface area contributed by atoms with E-state index in [0.717, 1.165) is 39.0 Å². The molecule has 1 rings (SSSR count). The highest BCUT2D eigenvalue weighted by Gasteiger charge is 2.36. The minimum atomic E-state index is -0.640. The van der Waals surface area contributed by atoms with Crippen molar-refractivity contribution in [2.45, 2.75) is 51.6 Å². The van der Waals surface area contributed by atoms with Gasteiger partial charge in [-0.15, -0.1) is 0 Å². The standard InChI is InChI=1S/C15H30N2O3/c1-5-9-16-15(3,14(18)20-6-2)12-17(4)13-7-10-19-11-8-13/h13,16H,5-12H2,1-4H3. The summed E-state index contributed by atoms with van der Waals surface area (Å²) >= 11 is 0. The van der Waals surface area contributed by atoms with Crippen molar-refractivity contribution in [1.82, 2.24) is 10.2 Å². The summed E-state index contributed by atoms with van der Waals surface area (Å²) in [5.74, 6) is -0.160. The number of esters is 1. The summed E-state index contributed by atoms with van der Waals surface area (Å²) < 4.78 is 10.6. The predicted molar refractivity (Wildman–Crippen MR) is 79.8 cm³/mol. The van der Waals surface area contributed by atoms with Gasteiger partial charge >= 0.3 is 5.97 Å². The van der Waals surface area contributed by atoms with E-state index in [0.29, 0.717) is 19.2 Å². The van der Waals surface area contributed by atoms with Crippen molar-refractivity contribution in [3.05, 3.63) is 0 Å². The minimum Gasteiger partial charge on any atom is -0.465 e. The monoisotopic (exact) mass is 286 g/mol. The molecule has 1 aliphatic heterocycles. The maximum Gasteiger partial charge on any atom is 0.327 e. The summed E-state index contributed by atoms with van der Waals surface area (Å²) in [7, 11) is 2.08. The third-order valence-corrected chi connectivity index (χ3v) is 3.87. The summed E-state index contributed by atoms with van der Waals surface area (Å²) in [6.07, 6.45) is 3.06. The second-order valence-corrected chi connectivity index (χ2v) is 5.74. The van der Waals surface area contributed by atoms with E-state index < -0.39 is 5.54 Å². The van der Waals surface area contributed by atoms with Gasteiger partial charge < -0.3 is 19.7 Å². The van der Waals surface area contributed by atoms with E-state index in [1.165, 1.54) is 0 Å². The van der Waals surface area contributed by atoms with Crippen molar-refractivity contribution in [2.24, 2.45) is 0 Å². The molecule has 0 aromatic rings. The van der Waals surface area contributed by atoms with Crippen LogP contribution in [0.15, 0.2) is 0 Å². The normalized spacial score (nSPS) is 19.9. The van der Waals surface area contributed by atoms with Gasteiger partial charge in [-0.25, -0.2) is 0 Å². The van der Waals surface area contributed by atoms with Gasteiger partial charge in [0.25, 0.3) is 0 Å². The lowest BCUT2D eigenvalue weighted by Gasteiger charge is -2.38. The second-order valence-electron chi connectivity index (χ2n) is 5.74. The van der Waals surface area contributed by atoms with Crippen molar-refractivity contribution >= 4 is 5.97 Å². The highest BCUT2D eigenvalue weighted by atomic mass is 16.5. The molecule has 5 heteroatoms. The van der Waals surface area contributed by atoms with Crippen molar-refractivity contribution in [1.29, 1.82) is 0 Å². The Morgan fingerprint density at radius 3 is 2.60 bits per heavy atom. The van der Waals surface area contributed by atoms with E-state index in [-0.39, 0.29) is 5.97 Å². The third kappa shape index (κ3) is 5.04. The Kier molecular flexibility index (Phi) is 7.48. The molecule has 0 saturated carbocycles. The molecule has 1 unspecified atom stereocenters. The van der Waals surface area contributed by atoms with Crippen molar-refractivity contribution in [3.63, 3.8) is 0 Å². The number of hydrogen-bond donors (Lipinski definition) is 1. The number of rotatable bonds is 8. The van der Waals surface area contributed by atoms with Gasteiger partial charge in [0.1, 0.15) is 5.54 Å². The molecule has 0 bridgehead atoms. The number of nitrogens with zero attached hydrogens (tertiary/aromatic N) is 1. The van der Waals surface area contributed by atoms with Gasteiger partial charge in [-0.1, -0.05) is 6.92 Å². The summed E-state index contributed by atoms with van der Waals surface area (Å²) in [5, 5.41) is 3.35. The maximum atomic E-state index is 12.3. The first-order valence-corrected chi connectivity index (χ1v) is 7.73. The van der Waals surface area contributed by atoms with Crippen LogP contribution in [0.25, 0.3) is 0 Å². The molecule has 1 N–H and O–H groups in total. The molecule has 1 heterocycles. The smallest absolute Gasteiger partial charge is 0.327 e. The van der Waals surface area contributed by atoms with Crippen LogP contribution in [-0.4, -0.2) is 62.4 Å². The average Bonchev–Trinajstić information content (AvgIpc) is 2.46. The molecule has 0 aromatic carbocycles. The zero-order valence-electron chi connectivity index (χ0n) is 13.4. The summed E-state index contributed by atoms with van der Waals surface area (Å²) in [6.45, 7) is 9.41. The summed E-state index contributed by atoms with van der Waals surface area (Å²) in [5.41, 5.74) is -0.640. The summed E-state index contributed by atoms with van der Waals surface area (Å²) in [6, 6.07) is 0.487. The van der Waals surface area contributed by atoms with Gasteiger partial charge in [-0.2, -0.15) is 0 Å². The lowest BCUT2D eigenvalue weighted by Crippen LogP contribution is -2.58. The van der Waals surface area contributed by atoms with Crippen LogP contribution in [0.3, 0.4) is 0 Å². The number of likely N-dealkylation sites (N-methyl/N-ethyl adjacent to an activating group) is 1. The van der Waals surface area contributed by atoms with Crippen LogP contribution in [0.1, 0.15) is 40.0 Å². The molecule has 5 nitrogen and oxygen atoms in total. The van der Waals surface area contributed by atoms with E-state index in [1.807, 2.05) is 13.8 Å². The van der Waals surface area contributed by atoms with Crippen LogP contribution >= 0.6 is 0 Å². The molecule has 1 saturated heterocycles. The highest BCUT2D eigenvalue weighted by molar-refractivity contribution is 5.80. The topological polar surface area (TPSA) is 50.8 Å². The lowest BCUT2D eigenvalue weighted by atomic mass is 9.99. The van der Waals surface area contributed by atoms with Crippen LogP contribution in [0.2, 0.25) is 0 Å². The first-order valence-electron chi connectivity index (χ1n) is 7.73. The number of ether oxygens (including phenoxy) is 2. The molecule has 0 amide bonds. The van der Waals surface area contributed by atoms with Crippen molar-refractivity contribution in [3.8, 4) is 0 Å². The zero-order valence-corrected chi connectivity index (χ0v) is 13.4. The fourth-order valence-electron chi connectivity index (χ4n) is 2.64. The molecule has 1 aliphatic rings. The van der Waals surface area contributed by atoms with E-state index in [1.54, 1.807) is 0 Å². The maximum absolute atomic E-state index is 12.3. The van der Waals surface area contributed by atoms with E-state index in [4.69, 9.17) is 9.47 Å². The predicted octanol–water partition coefficient (Wildman–Crippen LogP) is 1.42. The molecule has 0 aliphatic carbocycles. The quantitative estimate of drug-likeness (QED) is 0.684. The first kappa shape index (κ1) is 17.4. The van der Waals surface area contributed by atoms with Crippen LogP contribution < -0.4 is 5.32 Å². The highest BCUT2D eigenvalue weighted by Crippen LogP contribution is 2.17. The summed E-state index contributed by atoms with van der Waals surface area (Å²) in [4.78, 5) is 14.5. The Morgan fingerprint density at radius 1 is 1.40 bits per heavy atom. The molecule has 1 fully saturated rings. The van der Waals surface area contributed by atoms with Gasteiger partial charge in [0.05, 0.1) is 6.61 Å². The number of carbonyl (C=O) groups is 1. The molecular weight excluding hydrogens is 256 g/mol. The zero-order chi connectivity index (χ0) is 15.0. The Labute approximate surface area is 123 Å². The molecule has 0 spiro atoms. The molecule has 0 aromatic heterocycles. The van der Waals surface area contributed by atoms with Gasteiger partial charge in [-0.3, -0.25) is 4.79 Å². The third-order valence-electron chi connectivity index (χ3n) is 3.87. The Balaban J connectivity index is 2.64. The number of nitrogens with one attached hydrogen (secondary N) is 1. The molecule has 0 radical (unpaired) electrons. The number of hydrogen-bond acceptors (Lipinski definition) is 5. The van der Waals surface area contributed by atoms with Crippen LogP contribution in [0, 0.1) is 0 Å². The second kappa shape index (κ2) is 8.60. The van der Waals surface area contributed by atoms with Gasteiger partial charge in [-0.05, 0) is 46.7 Å². The van der Waals surface area contributed by atoms with Crippen LogP contribution in [0.4, 0.5) is 0 Å². The minimum absolute atomic E-state index is 0.160.